The Morgan fingerprint density at radius 1 is 0.741 bits per heavy atom. The van der Waals surface area contributed by atoms with Gasteiger partial charge < -0.3 is 51.3 Å². The molecule has 5 rings (SSSR count). The number of aromatic nitrogens is 2. The number of para-hydroxylation sites is 2. The van der Waals surface area contributed by atoms with Gasteiger partial charge in [-0.3, -0.25) is 14.4 Å². The molecule has 1 heterocycles. The number of imidazole rings is 1. The fraction of sp³-hybridized carbons (Fsp3) is 0.111. The van der Waals surface area contributed by atoms with Gasteiger partial charge in [0.15, 0.2) is 11.4 Å². The summed E-state index contributed by atoms with van der Waals surface area (Å²) in [5.74, 6) is -1.65. The Labute approximate surface area is 306 Å². The quantitative estimate of drug-likeness (QED) is 0.0146. The van der Waals surface area contributed by atoms with Crippen LogP contribution in [0, 0.1) is 0 Å². The van der Waals surface area contributed by atoms with Crippen LogP contribution in [-0.2, 0) is 14.4 Å². The van der Waals surface area contributed by atoms with E-state index in [1.807, 2.05) is 0 Å². The smallest absolute Gasteiger partial charge is 0.323 e. The number of aromatic amines is 2. The molecule has 18 nitrogen and oxygen atoms in total. The van der Waals surface area contributed by atoms with Gasteiger partial charge in [-0.15, -0.1) is 20.5 Å². The second-order valence-electron chi connectivity index (χ2n) is 11.2. The predicted molar refractivity (Wildman–Crippen MR) is 200 cm³/mol. The summed E-state index contributed by atoms with van der Waals surface area (Å²) in [6.07, 6.45) is 0.475. The minimum atomic E-state index is -0.762. The highest BCUT2D eigenvalue weighted by Gasteiger charge is 2.16. The summed E-state index contributed by atoms with van der Waals surface area (Å²) >= 11 is 0. The Hall–Kier alpha value is -7.76. The normalized spacial score (nSPS) is 12.3. The predicted octanol–water partition coefficient (Wildman–Crippen LogP) is 6.49. The summed E-state index contributed by atoms with van der Waals surface area (Å²) in [6, 6.07) is 22.5. The van der Waals surface area contributed by atoms with E-state index in [0.29, 0.717) is 46.0 Å². The van der Waals surface area contributed by atoms with Crippen LogP contribution in [0.3, 0.4) is 0 Å². The van der Waals surface area contributed by atoms with Crippen molar-refractivity contribution in [2.45, 2.75) is 13.8 Å². The lowest BCUT2D eigenvalue weighted by Crippen LogP contribution is -2.15. The third-order valence-electron chi connectivity index (χ3n) is 7.26. The van der Waals surface area contributed by atoms with E-state index < -0.39 is 17.6 Å². The molecule has 276 valence electrons. The topological polar surface area (TPSA) is 270 Å². The lowest BCUT2D eigenvalue weighted by Gasteiger charge is -2.11. The summed E-state index contributed by atoms with van der Waals surface area (Å²) in [7, 11) is 0. The van der Waals surface area contributed by atoms with Crippen molar-refractivity contribution in [3.8, 4) is 11.5 Å². The molecule has 0 aliphatic carbocycles. The number of hydrogen-bond acceptors (Lipinski definition) is 13. The number of allylic oxidation sites excluding steroid dienone is 2. The van der Waals surface area contributed by atoms with Crippen molar-refractivity contribution in [1.82, 2.24) is 9.97 Å². The summed E-state index contributed by atoms with van der Waals surface area (Å²) in [5, 5.41) is 44.2. The second kappa shape index (κ2) is 17.4. The first-order valence-corrected chi connectivity index (χ1v) is 16.0. The number of ether oxygens (including phenoxy) is 2. The molecule has 0 aliphatic heterocycles. The zero-order chi connectivity index (χ0) is 38.6. The van der Waals surface area contributed by atoms with Crippen molar-refractivity contribution in [2.75, 3.05) is 34.9 Å². The van der Waals surface area contributed by atoms with Gasteiger partial charge in [0.1, 0.15) is 47.6 Å². The van der Waals surface area contributed by atoms with Crippen LogP contribution in [0.4, 0.5) is 34.1 Å². The van der Waals surface area contributed by atoms with Gasteiger partial charge in [-0.2, -0.15) is 0 Å². The Morgan fingerprint density at radius 2 is 1.24 bits per heavy atom. The molecular formula is C36H34N10O8. The van der Waals surface area contributed by atoms with Crippen molar-refractivity contribution >= 4 is 63.4 Å². The Morgan fingerprint density at radius 3 is 1.76 bits per heavy atom. The number of rotatable bonds is 15. The number of nitrogens with one attached hydrogen (secondary N) is 5. The van der Waals surface area contributed by atoms with E-state index in [4.69, 9.17) is 15.2 Å². The number of carbonyl (C=O) groups excluding carboxylic acids is 3. The van der Waals surface area contributed by atoms with Gasteiger partial charge in [0, 0.05) is 11.4 Å². The van der Waals surface area contributed by atoms with Gasteiger partial charge in [0.05, 0.1) is 22.4 Å². The summed E-state index contributed by atoms with van der Waals surface area (Å²) in [4.78, 5) is 53.4. The van der Waals surface area contributed by atoms with Gasteiger partial charge >= 0.3 is 5.69 Å². The highest BCUT2D eigenvalue weighted by molar-refractivity contribution is 6.05. The van der Waals surface area contributed by atoms with Crippen LogP contribution in [0.2, 0.25) is 0 Å². The number of carbonyl (C=O) groups is 3. The number of nitrogens with zero attached hydrogens (tertiary/aromatic N) is 4. The van der Waals surface area contributed by atoms with E-state index in [2.05, 4.69) is 46.4 Å². The van der Waals surface area contributed by atoms with Crippen LogP contribution in [0.5, 0.6) is 11.5 Å². The number of azo groups is 2. The van der Waals surface area contributed by atoms with Gasteiger partial charge in [-0.05, 0) is 74.5 Å². The van der Waals surface area contributed by atoms with Crippen LogP contribution >= 0.6 is 0 Å². The fourth-order valence-electron chi connectivity index (χ4n) is 4.73. The molecule has 18 heteroatoms. The van der Waals surface area contributed by atoms with E-state index in [9.17, 15) is 29.4 Å². The molecule has 0 unspecified atom stereocenters. The number of aliphatic hydroxyl groups excluding tert-OH is 2. The average Bonchev–Trinajstić information content (AvgIpc) is 3.51. The number of fused-ring (bicyclic) bond motifs is 1. The number of aliphatic hydroxyl groups is 2. The molecule has 0 spiro atoms. The summed E-state index contributed by atoms with van der Waals surface area (Å²) < 4.78 is 11.7. The SMILES string of the molecule is CC(O)=C(N=Nc1ccccc1OCCOc1ccccc1N=NC(C(=O)Nc1ccc2[nH]c(=O)[nH]c2c1)=C(C)O)C(=O)Nc1ccc(NC=O)c(N)c1. The third-order valence-corrected chi connectivity index (χ3v) is 7.26. The number of nitrogen functional groups attached to an aromatic ring is 1. The van der Waals surface area contributed by atoms with Crippen molar-refractivity contribution in [2.24, 2.45) is 20.5 Å². The van der Waals surface area contributed by atoms with E-state index in [0.717, 1.165) is 0 Å². The molecule has 3 amide bonds. The van der Waals surface area contributed by atoms with Gasteiger partial charge in [0.2, 0.25) is 6.41 Å². The second-order valence-corrected chi connectivity index (χ2v) is 11.2. The molecule has 4 aromatic carbocycles. The fourth-order valence-corrected chi connectivity index (χ4v) is 4.73. The van der Waals surface area contributed by atoms with Crippen LogP contribution in [0.25, 0.3) is 11.0 Å². The molecule has 0 fully saturated rings. The van der Waals surface area contributed by atoms with Crippen LogP contribution in [0.1, 0.15) is 13.8 Å². The lowest BCUT2D eigenvalue weighted by atomic mass is 10.2. The highest BCUT2D eigenvalue weighted by atomic mass is 16.5. The zero-order valence-corrected chi connectivity index (χ0v) is 28.8. The molecule has 54 heavy (non-hydrogen) atoms. The largest absolute Gasteiger partial charge is 0.510 e. The maximum absolute atomic E-state index is 13.0. The highest BCUT2D eigenvalue weighted by Crippen LogP contribution is 2.30. The van der Waals surface area contributed by atoms with E-state index in [1.54, 1.807) is 66.7 Å². The molecule has 0 saturated carbocycles. The van der Waals surface area contributed by atoms with E-state index >= 15 is 0 Å². The van der Waals surface area contributed by atoms with Crippen LogP contribution in [-0.4, -0.2) is 51.6 Å². The molecule has 0 saturated heterocycles. The Balaban J connectivity index is 1.19. The van der Waals surface area contributed by atoms with Crippen molar-refractivity contribution < 1.29 is 34.1 Å². The number of benzene rings is 4. The monoisotopic (exact) mass is 734 g/mol. The molecule has 5 aromatic rings. The molecular weight excluding hydrogens is 700 g/mol. The maximum Gasteiger partial charge on any atom is 0.323 e. The molecule has 0 radical (unpaired) electrons. The van der Waals surface area contributed by atoms with Crippen molar-refractivity contribution in [3.63, 3.8) is 0 Å². The molecule has 9 N–H and O–H groups in total. The number of amides is 3. The number of nitrogens with two attached hydrogens (primary N) is 1. The maximum atomic E-state index is 13.0. The number of hydrogen-bond donors (Lipinski definition) is 8. The minimum Gasteiger partial charge on any atom is -0.510 e. The average molecular weight is 735 g/mol. The summed E-state index contributed by atoms with van der Waals surface area (Å²) in [6.45, 7) is 2.65. The first-order chi connectivity index (χ1) is 26.0. The van der Waals surface area contributed by atoms with Crippen LogP contribution < -0.4 is 36.8 Å². The van der Waals surface area contributed by atoms with Gasteiger partial charge in [-0.25, -0.2) is 4.79 Å². The van der Waals surface area contributed by atoms with E-state index in [-0.39, 0.29) is 53.1 Å². The molecule has 0 bridgehead atoms. The first-order valence-electron chi connectivity index (χ1n) is 16.0. The van der Waals surface area contributed by atoms with Gasteiger partial charge in [-0.1, -0.05) is 24.3 Å². The molecule has 0 atom stereocenters. The number of H-pyrrole nitrogens is 2. The third kappa shape index (κ3) is 9.72. The van der Waals surface area contributed by atoms with Crippen LogP contribution in [0.15, 0.2) is 133 Å². The summed E-state index contributed by atoms with van der Waals surface area (Å²) in [5.41, 5.74) is 7.58. The zero-order valence-electron chi connectivity index (χ0n) is 28.8. The Kier molecular flexibility index (Phi) is 12.1. The lowest BCUT2D eigenvalue weighted by molar-refractivity contribution is -0.113. The molecule has 1 aromatic heterocycles. The molecule has 0 aliphatic rings. The minimum absolute atomic E-state index is 0.0384. The van der Waals surface area contributed by atoms with Crippen molar-refractivity contribution in [3.05, 3.63) is 118 Å². The standard InChI is InChI=1S/C36H34N10O8/c1-20(48)32(34(50)39-22-11-13-25(38-19-47)24(37)17-22)45-43-27-7-3-5-9-30(27)53-15-16-54-31-10-6-4-8-28(31)44-46-33(21(2)49)35(51)40-23-12-14-26-29(18-23)42-36(52)41-26/h3-14,17-19,48-49H,15-16,37H2,1-2H3,(H,38,47)(H,39,50)(H,40,51)(H2,41,42,52). The number of anilines is 4. The van der Waals surface area contributed by atoms with E-state index in [1.165, 1.54) is 32.0 Å². The van der Waals surface area contributed by atoms with Crippen molar-refractivity contribution in [1.29, 1.82) is 0 Å². The first kappa shape index (κ1) is 37.5. The Bertz CT molecular complexity index is 2370. The van der Waals surface area contributed by atoms with Gasteiger partial charge in [0.25, 0.3) is 11.8 Å².